The molecule has 1 amide bonds. The van der Waals surface area contributed by atoms with E-state index in [0.29, 0.717) is 10.7 Å². The van der Waals surface area contributed by atoms with Gasteiger partial charge in [-0.05, 0) is 36.2 Å². The number of ether oxygens (including phenoxy) is 1. The Balaban J connectivity index is 1.55. The van der Waals surface area contributed by atoms with Gasteiger partial charge in [-0.2, -0.15) is 0 Å². The summed E-state index contributed by atoms with van der Waals surface area (Å²) in [6.45, 7) is 1.52. The van der Waals surface area contributed by atoms with Gasteiger partial charge in [0.25, 0.3) is 5.91 Å². The zero-order chi connectivity index (χ0) is 17.8. The number of hydrogen-bond donors (Lipinski definition) is 2. The Morgan fingerprint density at radius 2 is 2.00 bits per heavy atom. The van der Waals surface area contributed by atoms with Crippen LogP contribution in [0.3, 0.4) is 0 Å². The van der Waals surface area contributed by atoms with Crippen LogP contribution in [0.25, 0.3) is 10.9 Å². The third-order valence-electron chi connectivity index (χ3n) is 3.85. The number of hydrogen-bond acceptors (Lipinski definition) is 3. The maximum atomic E-state index is 12.0. The van der Waals surface area contributed by atoms with Crippen molar-refractivity contribution in [1.29, 1.82) is 0 Å². The molecule has 6 heteroatoms. The number of carbonyl (C=O) groups excluding carboxylic acids is 2. The van der Waals surface area contributed by atoms with Crippen molar-refractivity contribution in [3.63, 3.8) is 0 Å². The molecular formula is C19H17ClN2O3. The Morgan fingerprint density at radius 3 is 2.84 bits per heavy atom. The number of aryl methyl sites for hydroxylation is 1. The van der Waals surface area contributed by atoms with Gasteiger partial charge in [-0.15, -0.1) is 0 Å². The average Bonchev–Trinajstić information content (AvgIpc) is 2.99. The lowest BCUT2D eigenvalue weighted by Gasteiger charge is -2.09. The third kappa shape index (κ3) is 4.19. The lowest BCUT2D eigenvalue weighted by molar-refractivity contribution is -0.146. The SMILES string of the molecule is Cc1ccc(Cl)cc1NC(=O)COC(=O)Cc1c[nH]c2ccccc12. The van der Waals surface area contributed by atoms with Gasteiger partial charge in [-0.25, -0.2) is 0 Å². The number of rotatable bonds is 5. The lowest BCUT2D eigenvalue weighted by Crippen LogP contribution is -2.22. The molecule has 0 aliphatic heterocycles. The van der Waals surface area contributed by atoms with Gasteiger partial charge in [-0.3, -0.25) is 9.59 Å². The number of halogens is 1. The molecule has 0 saturated carbocycles. The molecule has 0 spiro atoms. The number of benzene rings is 2. The fourth-order valence-corrected chi connectivity index (χ4v) is 2.72. The van der Waals surface area contributed by atoms with E-state index in [0.717, 1.165) is 22.0 Å². The highest BCUT2D eigenvalue weighted by Crippen LogP contribution is 2.20. The molecular weight excluding hydrogens is 340 g/mol. The molecule has 0 unspecified atom stereocenters. The van der Waals surface area contributed by atoms with E-state index in [4.69, 9.17) is 16.3 Å². The van der Waals surface area contributed by atoms with Gasteiger partial charge in [0.2, 0.25) is 0 Å². The summed E-state index contributed by atoms with van der Waals surface area (Å²) < 4.78 is 5.07. The van der Waals surface area contributed by atoms with Gasteiger partial charge >= 0.3 is 5.97 Å². The van der Waals surface area contributed by atoms with Crippen molar-refractivity contribution in [2.24, 2.45) is 0 Å². The monoisotopic (exact) mass is 356 g/mol. The molecule has 5 nitrogen and oxygen atoms in total. The van der Waals surface area contributed by atoms with Gasteiger partial charge in [0.1, 0.15) is 0 Å². The lowest BCUT2D eigenvalue weighted by atomic mass is 10.1. The standard InChI is InChI=1S/C19H17ClN2O3/c1-12-6-7-14(20)9-17(12)22-18(23)11-25-19(24)8-13-10-21-16-5-3-2-4-15(13)16/h2-7,9-10,21H,8,11H2,1H3,(H,22,23). The quantitative estimate of drug-likeness (QED) is 0.682. The van der Waals surface area contributed by atoms with Gasteiger partial charge in [0.05, 0.1) is 6.42 Å². The summed E-state index contributed by atoms with van der Waals surface area (Å²) in [5, 5.41) is 4.18. The first-order chi connectivity index (χ1) is 12.0. The van der Waals surface area contributed by atoms with Crippen LogP contribution in [0.5, 0.6) is 0 Å². The summed E-state index contributed by atoms with van der Waals surface area (Å²) in [5.74, 6) is -0.861. The molecule has 1 aromatic heterocycles. The van der Waals surface area contributed by atoms with Crippen LogP contribution in [0, 0.1) is 6.92 Å². The van der Waals surface area contributed by atoms with Crippen LogP contribution in [0.4, 0.5) is 5.69 Å². The highest BCUT2D eigenvalue weighted by atomic mass is 35.5. The van der Waals surface area contributed by atoms with Crippen LogP contribution >= 0.6 is 11.6 Å². The molecule has 3 aromatic rings. The Hall–Kier alpha value is -2.79. The summed E-state index contributed by atoms with van der Waals surface area (Å²) in [6, 6.07) is 12.9. The second kappa shape index (κ2) is 7.40. The minimum Gasteiger partial charge on any atom is -0.455 e. The minimum absolute atomic E-state index is 0.105. The topological polar surface area (TPSA) is 71.2 Å². The maximum absolute atomic E-state index is 12.0. The van der Waals surface area contributed by atoms with Crippen molar-refractivity contribution in [3.8, 4) is 0 Å². The van der Waals surface area contributed by atoms with E-state index >= 15 is 0 Å². The summed E-state index contributed by atoms with van der Waals surface area (Å²) in [5.41, 5.74) is 3.28. The Kier molecular flexibility index (Phi) is 5.05. The van der Waals surface area contributed by atoms with Gasteiger partial charge in [0, 0.05) is 27.8 Å². The summed E-state index contributed by atoms with van der Waals surface area (Å²) in [4.78, 5) is 27.1. The highest BCUT2D eigenvalue weighted by Gasteiger charge is 2.12. The molecule has 3 rings (SSSR count). The smallest absolute Gasteiger partial charge is 0.310 e. The Morgan fingerprint density at radius 1 is 1.20 bits per heavy atom. The van der Waals surface area contributed by atoms with Gasteiger partial charge in [0.15, 0.2) is 6.61 Å². The van der Waals surface area contributed by atoms with E-state index in [2.05, 4.69) is 10.3 Å². The number of nitrogens with one attached hydrogen (secondary N) is 2. The Bertz CT molecular complexity index is 933. The largest absolute Gasteiger partial charge is 0.455 e. The molecule has 0 radical (unpaired) electrons. The predicted octanol–water partition coefficient (Wildman–Crippen LogP) is 3.85. The van der Waals surface area contributed by atoms with Crippen molar-refractivity contribution in [2.75, 3.05) is 11.9 Å². The molecule has 1 heterocycles. The summed E-state index contributed by atoms with van der Waals surface area (Å²) in [6.07, 6.45) is 1.88. The molecule has 0 bridgehead atoms. The number of para-hydroxylation sites is 1. The first-order valence-corrected chi connectivity index (χ1v) is 8.17. The van der Waals surface area contributed by atoms with Crippen molar-refractivity contribution in [3.05, 3.63) is 64.8 Å². The number of amides is 1. The van der Waals surface area contributed by atoms with E-state index in [1.54, 1.807) is 24.4 Å². The minimum atomic E-state index is -0.456. The molecule has 0 aliphatic rings. The molecule has 0 saturated heterocycles. The van der Waals surface area contributed by atoms with Crippen LogP contribution in [-0.2, 0) is 20.7 Å². The van der Waals surface area contributed by atoms with Crippen molar-refractivity contribution in [1.82, 2.24) is 4.98 Å². The number of anilines is 1. The predicted molar refractivity (Wildman–Crippen MR) is 97.8 cm³/mol. The number of aromatic nitrogens is 1. The molecule has 0 aliphatic carbocycles. The van der Waals surface area contributed by atoms with E-state index < -0.39 is 11.9 Å². The van der Waals surface area contributed by atoms with Crippen molar-refractivity contribution < 1.29 is 14.3 Å². The zero-order valence-corrected chi connectivity index (χ0v) is 14.4. The van der Waals surface area contributed by atoms with Gasteiger partial charge in [-0.1, -0.05) is 35.9 Å². The summed E-state index contributed by atoms with van der Waals surface area (Å²) in [7, 11) is 0. The van der Waals surface area contributed by atoms with Crippen LogP contribution in [0.1, 0.15) is 11.1 Å². The second-order valence-corrected chi connectivity index (χ2v) is 6.14. The zero-order valence-electron chi connectivity index (χ0n) is 13.6. The molecule has 2 N–H and O–H groups in total. The average molecular weight is 357 g/mol. The number of H-pyrrole nitrogens is 1. The maximum Gasteiger partial charge on any atom is 0.310 e. The third-order valence-corrected chi connectivity index (χ3v) is 4.08. The number of carbonyl (C=O) groups is 2. The Labute approximate surface area is 149 Å². The van der Waals surface area contributed by atoms with E-state index in [9.17, 15) is 9.59 Å². The van der Waals surface area contributed by atoms with E-state index in [1.165, 1.54) is 0 Å². The van der Waals surface area contributed by atoms with Crippen LogP contribution in [0.2, 0.25) is 5.02 Å². The van der Waals surface area contributed by atoms with Crippen LogP contribution < -0.4 is 5.32 Å². The van der Waals surface area contributed by atoms with Gasteiger partial charge < -0.3 is 15.0 Å². The number of esters is 1. The normalized spacial score (nSPS) is 10.6. The fraction of sp³-hybridized carbons (Fsp3) is 0.158. The fourth-order valence-electron chi connectivity index (χ4n) is 2.55. The molecule has 0 atom stereocenters. The first-order valence-electron chi connectivity index (χ1n) is 7.79. The van der Waals surface area contributed by atoms with Crippen molar-refractivity contribution in [2.45, 2.75) is 13.3 Å². The first kappa shape index (κ1) is 17.0. The molecule has 25 heavy (non-hydrogen) atoms. The van der Waals surface area contributed by atoms with Crippen LogP contribution in [0.15, 0.2) is 48.7 Å². The van der Waals surface area contributed by atoms with Crippen molar-refractivity contribution >= 4 is 40.1 Å². The highest BCUT2D eigenvalue weighted by molar-refractivity contribution is 6.31. The second-order valence-electron chi connectivity index (χ2n) is 5.70. The number of fused-ring (bicyclic) bond motifs is 1. The van der Waals surface area contributed by atoms with Crippen LogP contribution in [-0.4, -0.2) is 23.5 Å². The number of aromatic amines is 1. The molecule has 0 fully saturated rings. The molecule has 128 valence electrons. The summed E-state index contributed by atoms with van der Waals surface area (Å²) >= 11 is 5.92. The van der Waals surface area contributed by atoms with E-state index in [1.807, 2.05) is 31.2 Å². The molecule has 2 aromatic carbocycles. The van der Waals surface area contributed by atoms with E-state index in [-0.39, 0.29) is 13.0 Å².